The van der Waals surface area contributed by atoms with Crippen LogP contribution in [0.3, 0.4) is 0 Å². The monoisotopic (exact) mass is 432 g/mol. The number of pyridine rings is 1. The molecule has 1 aliphatic rings. The van der Waals surface area contributed by atoms with E-state index in [9.17, 15) is 0 Å². The van der Waals surface area contributed by atoms with E-state index in [1.807, 2.05) is 48.5 Å². The fraction of sp³-hybridized carbons (Fsp3) is 0.208. The Morgan fingerprint density at radius 1 is 0.900 bits per heavy atom. The summed E-state index contributed by atoms with van der Waals surface area (Å²) in [6, 6.07) is 18.0. The molecule has 1 fully saturated rings. The summed E-state index contributed by atoms with van der Waals surface area (Å²) in [5.74, 6) is 0.489. The van der Waals surface area contributed by atoms with Crippen LogP contribution in [0.15, 0.2) is 65.8 Å². The molecule has 2 aromatic heterocycles. The molecule has 2 N–H and O–H groups in total. The highest BCUT2D eigenvalue weighted by Crippen LogP contribution is 2.40. The molecule has 2 heterocycles. The second kappa shape index (κ2) is 8.25. The Balaban J connectivity index is 1.69. The molecule has 0 amide bonds. The smallest absolute Gasteiger partial charge is 0.156 e. The summed E-state index contributed by atoms with van der Waals surface area (Å²) in [6.45, 7) is 0. The maximum absolute atomic E-state index is 6.58. The van der Waals surface area contributed by atoms with Crippen molar-refractivity contribution in [3.8, 4) is 22.5 Å². The number of nitrogen functional groups attached to an aromatic ring is 1. The van der Waals surface area contributed by atoms with Gasteiger partial charge in [-0.1, -0.05) is 72.6 Å². The first-order chi connectivity index (χ1) is 14.7. The van der Waals surface area contributed by atoms with Crippen molar-refractivity contribution in [2.45, 2.75) is 36.0 Å². The van der Waals surface area contributed by atoms with Crippen molar-refractivity contribution in [2.24, 2.45) is 0 Å². The second-order valence-electron chi connectivity index (χ2n) is 7.53. The summed E-state index contributed by atoms with van der Waals surface area (Å²) < 4.78 is 0. The maximum atomic E-state index is 6.58. The third-order valence-corrected chi connectivity index (χ3v) is 7.07. The van der Waals surface area contributed by atoms with Gasteiger partial charge in [0.1, 0.15) is 5.03 Å². The number of hydrogen-bond donors (Lipinski definition) is 1. The van der Waals surface area contributed by atoms with Gasteiger partial charge in [-0.25, -0.2) is 9.97 Å². The fourth-order valence-corrected chi connectivity index (χ4v) is 5.44. The van der Waals surface area contributed by atoms with Crippen LogP contribution in [0.4, 0.5) is 5.82 Å². The lowest BCUT2D eigenvalue weighted by Gasteiger charge is -2.15. The van der Waals surface area contributed by atoms with E-state index < -0.39 is 0 Å². The third kappa shape index (κ3) is 3.75. The topological polar surface area (TPSA) is 64.7 Å². The summed E-state index contributed by atoms with van der Waals surface area (Å²) in [6.07, 6.45) is 6.70. The van der Waals surface area contributed by atoms with Crippen molar-refractivity contribution in [1.29, 1.82) is 0 Å². The standard InChI is InChI=1S/C24H21ClN4S/c25-19-14-17(13-16-9-6-12-27-20(16)19)22-21(15-7-2-1-3-8-15)28-23(26)24(29-22)30-18-10-4-5-11-18/h1-3,6-9,12-14,18H,4-5,10-11H2,(H2,26,28). The normalized spacial score (nSPS) is 14.4. The van der Waals surface area contributed by atoms with Gasteiger partial charge in [-0.15, -0.1) is 0 Å². The first kappa shape index (κ1) is 19.3. The molecule has 150 valence electrons. The van der Waals surface area contributed by atoms with Crippen LogP contribution >= 0.6 is 23.4 Å². The lowest BCUT2D eigenvalue weighted by Crippen LogP contribution is -2.05. The molecule has 0 bridgehead atoms. The molecule has 30 heavy (non-hydrogen) atoms. The van der Waals surface area contributed by atoms with Gasteiger partial charge in [0, 0.05) is 28.0 Å². The van der Waals surface area contributed by atoms with Crippen LogP contribution in [0.2, 0.25) is 5.02 Å². The lowest BCUT2D eigenvalue weighted by atomic mass is 10.0. The number of rotatable bonds is 4. The predicted molar refractivity (Wildman–Crippen MR) is 126 cm³/mol. The number of fused-ring (bicyclic) bond motifs is 1. The summed E-state index contributed by atoms with van der Waals surface area (Å²) in [7, 11) is 0. The molecule has 1 aliphatic carbocycles. The van der Waals surface area contributed by atoms with E-state index in [2.05, 4.69) is 11.1 Å². The van der Waals surface area contributed by atoms with Crippen molar-refractivity contribution in [3.63, 3.8) is 0 Å². The molecule has 4 nitrogen and oxygen atoms in total. The molecule has 0 unspecified atom stereocenters. The molecular formula is C24H21ClN4S. The quantitative estimate of drug-likeness (QED) is 0.392. The van der Waals surface area contributed by atoms with Crippen molar-refractivity contribution < 1.29 is 0 Å². The molecule has 4 aromatic rings. The van der Waals surface area contributed by atoms with Gasteiger partial charge in [-0.3, -0.25) is 4.98 Å². The molecule has 0 spiro atoms. The van der Waals surface area contributed by atoms with Gasteiger partial charge in [-0.2, -0.15) is 0 Å². The maximum Gasteiger partial charge on any atom is 0.156 e. The highest BCUT2D eigenvalue weighted by atomic mass is 35.5. The van der Waals surface area contributed by atoms with E-state index in [0.717, 1.165) is 38.4 Å². The second-order valence-corrected chi connectivity index (χ2v) is 9.23. The average Bonchev–Trinajstić information content (AvgIpc) is 3.29. The highest BCUT2D eigenvalue weighted by Gasteiger charge is 2.22. The van der Waals surface area contributed by atoms with E-state index in [0.29, 0.717) is 16.1 Å². The predicted octanol–water partition coefficient (Wildman–Crippen LogP) is 6.63. The summed E-state index contributed by atoms with van der Waals surface area (Å²) in [5, 5.41) is 2.94. The summed E-state index contributed by atoms with van der Waals surface area (Å²) in [4.78, 5) is 14.2. The van der Waals surface area contributed by atoms with Gasteiger partial charge in [0.05, 0.1) is 21.9 Å². The minimum absolute atomic E-state index is 0.489. The Kier molecular flexibility index (Phi) is 5.32. The van der Waals surface area contributed by atoms with Gasteiger partial charge < -0.3 is 5.73 Å². The molecule has 0 saturated heterocycles. The van der Waals surface area contributed by atoms with E-state index in [4.69, 9.17) is 27.3 Å². The fourth-order valence-electron chi connectivity index (χ4n) is 3.97. The Labute approximate surface area is 184 Å². The Hall–Kier alpha value is -2.63. The molecule has 2 aromatic carbocycles. The number of anilines is 1. The van der Waals surface area contributed by atoms with E-state index in [1.165, 1.54) is 25.7 Å². The highest BCUT2D eigenvalue weighted by molar-refractivity contribution is 8.00. The van der Waals surface area contributed by atoms with Crippen LogP contribution in [0.5, 0.6) is 0 Å². The summed E-state index contributed by atoms with van der Waals surface area (Å²) in [5.41, 5.74) is 10.6. The number of benzene rings is 2. The lowest BCUT2D eigenvalue weighted by molar-refractivity contribution is 0.886. The zero-order valence-electron chi connectivity index (χ0n) is 16.4. The van der Waals surface area contributed by atoms with Gasteiger partial charge in [0.15, 0.2) is 5.82 Å². The minimum Gasteiger partial charge on any atom is -0.381 e. The van der Waals surface area contributed by atoms with Crippen LogP contribution in [0.1, 0.15) is 25.7 Å². The third-order valence-electron chi connectivity index (χ3n) is 5.45. The number of nitrogens with zero attached hydrogens (tertiary/aromatic N) is 3. The van der Waals surface area contributed by atoms with Gasteiger partial charge >= 0.3 is 0 Å². The SMILES string of the molecule is Nc1nc(-c2ccccc2)c(-c2cc(Cl)c3ncccc3c2)nc1SC1CCCC1. The van der Waals surface area contributed by atoms with Gasteiger partial charge in [0.25, 0.3) is 0 Å². The molecule has 6 heteroatoms. The van der Waals surface area contributed by atoms with Crippen LogP contribution in [0.25, 0.3) is 33.4 Å². The van der Waals surface area contributed by atoms with Crippen molar-refractivity contribution in [1.82, 2.24) is 15.0 Å². The van der Waals surface area contributed by atoms with Crippen molar-refractivity contribution >= 4 is 40.1 Å². The number of aromatic nitrogens is 3. The Morgan fingerprint density at radius 3 is 2.47 bits per heavy atom. The van der Waals surface area contributed by atoms with E-state index in [1.54, 1.807) is 18.0 Å². The van der Waals surface area contributed by atoms with Gasteiger partial charge in [0.2, 0.25) is 0 Å². The molecule has 0 aliphatic heterocycles. The largest absolute Gasteiger partial charge is 0.381 e. The van der Waals surface area contributed by atoms with Crippen LogP contribution in [0, 0.1) is 0 Å². The van der Waals surface area contributed by atoms with E-state index in [-0.39, 0.29) is 0 Å². The Bertz CT molecular complexity index is 1210. The van der Waals surface area contributed by atoms with Crippen molar-refractivity contribution in [2.75, 3.05) is 5.73 Å². The van der Waals surface area contributed by atoms with Crippen LogP contribution in [-0.4, -0.2) is 20.2 Å². The molecule has 1 saturated carbocycles. The number of nitrogens with two attached hydrogens (primary N) is 1. The van der Waals surface area contributed by atoms with Crippen LogP contribution < -0.4 is 5.73 Å². The molecule has 0 atom stereocenters. The molecule has 0 radical (unpaired) electrons. The minimum atomic E-state index is 0.489. The van der Waals surface area contributed by atoms with Gasteiger partial charge in [-0.05, 0) is 31.0 Å². The summed E-state index contributed by atoms with van der Waals surface area (Å²) >= 11 is 8.33. The van der Waals surface area contributed by atoms with Crippen molar-refractivity contribution in [3.05, 3.63) is 65.8 Å². The zero-order valence-corrected chi connectivity index (χ0v) is 18.0. The Morgan fingerprint density at radius 2 is 1.67 bits per heavy atom. The van der Waals surface area contributed by atoms with E-state index >= 15 is 0 Å². The number of thioether (sulfide) groups is 1. The number of hydrogen-bond acceptors (Lipinski definition) is 5. The molecule has 5 rings (SSSR count). The first-order valence-corrected chi connectivity index (χ1v) is 11.4. The average molecular weight is 433 g/mol. The van der Waals surface area contributed by atoms with Crippen LogP contribution in [-0.2, 0) is 0 Å². The first-order valence-electron chi connectivity index (χ1n) is 10.1. The number of halogens is 1. The zero-order chi connectivity index (χ0) is 20.5. The molecular weight excluding hydrogens is 412 g/mol.